The molecule has 2 aromatic rings. The normalized spacial score (nSPS) is 12.3. The summed E-state index contributed by atoms with van der Waals surface area (Å²) < 4.78 is 12.0. The zero-order valence-corrected chi connectivity index (χ0v) is 14.5. The van der Waals surface area contributed by atoms with Crippen LogP contribution in [0.3, 0.4) is 0 Å². The first-order valence-electron chi connectivity index (χ1n) is 8.17. The SMILES string of the molecule is CCOC(=O)c1c2c(n(C)c1C(=O)OCC)-c1nc(N)ncc1CC2. The fourth-order valence-electron chi connectivity index (χ4n) is 3.22. The molecule has 0 amide bonds. The lowest BCUT2D eigenvalue weighted by Crippen LogP contribution is -2.16. The van der Waals surface area contributed by atoms with Gasteiger partial charge in [0.15, 0.2) is 0 Å². The average molecular weight is 344 g/mol. The van der Waals surface area contributed by atoms with Crippen molar-refractivity contribution >= 4 is 17.9 Å². The van der Waals surface area contributed by atoms with Gasteiger partial charge in [-0.25, -0.2) is 19.6 Å². The minimum absolute atomic E-state index is 0.142. The van der Waals surface area contributed by atoms with Gasteiger partial charge in [0.05, 0.1) is 30.2 Å². The van der Waals surface area contributed by atoms with Crippen LogP contribution in [0.1, 0.15) is 45.8 Å². The minimum Gasteiger partial charge on any atom is -0.462 e. The molecule has 2 aromatic heterocycles. The second kappa shape index (κ2) is 6.54. The molecule has 0 saturated heterocycles. The monoisotopic (exact) mass is 344 g/mol. The predicted octanol–water partition coefficient (Wildman–Crippen LogP) is 1.52. The quantitative estimate of drug-likeness (QED) is 0.837. The zero-order chi connectivity index (χ0) is 18.1. The third-order valence-corrected chi connectivity index (χ3v) is 4.20. The summed E-state index contributed by atoms with van der Waals surface area (Å²) in [7, 11) is 1.71. The van der Waals surface area contributed by atoms with E-state index in [1.54, 1.807) is 31.7 Å². The van der Waals surface area contributed by atoms with E-state index in [4.69, 9.17) is 15.2 Å². The summed E-state index contributed by atoms with van der Waals surface area (Å²) in [6, 6.07) is 0. The molecule has 1 aliphatic carbocycles. The maximum atomic E-state index is 12.5. The highest BCUT2D eigenvalue weighted by molar-refractivity contribution is 6.05. The van der Waals surface area contributed by atoms with Crippen LogP contribution in [0.4, 0.5) is 5.95 Å². The predicted molar refractivity (Wildman–Crippen MR) is 90.2 cm³/mol. The molecule has 0 atom stereocenters. The van der Waals surface area contributed by atoms with Crippen molar-refractivity contribution in [1.82, 2.24) is 14.5 Å². The number of hydrogen-bond acceptors (Lipinski definition) is 7. The van der Waals surface area contributed by atoms with Crippen LogP contribution < -0.4 is 5.73 Å². The number of hydrogen-bond donors (Lipinski definition) is 1. The van der Waals surface area contributed by atoms with Crippen molar-refractivity contribution in [1.29, 1.82) is 0 Å². The van der Waals surface area contributed by atoms with Crippen molar-refractivity contribution in [3.05, 3.63) is 28.6 Å². The van der Waals surface area contributed by atoms with E-state index in [9.17, 15) is 9.59 Å². The summed E-state index contributed by atoms with van der Waals surface area (Å²) in [5, 5.41) is 0. The molecule has 8 nitrogen and oxygen atoms in total. The standard InChI is InChI=1S/C17H20N4O4/c1-4-24-15(22)11-10-7-6-9-8-19-17(18)20-12(9)13(10)21(3)14(11)16(23)25-5-2/h8H,4-7H2,1-3H3,(H2,18,19,20). The lowest BCUT2D eigenvalue weighted by molar-refractivity contribution is 0.0471. The Morgan fingerprint density at radius 1 is 1.20 bits per heavy atom. The van der Waals surface area contributed by atoms with Crippen molar-refractivity contribution in [3.63, 3.8) is 0 Å². The zero-order valence-electron chi connectivity index (χ0n) is 14.5. The van der Waals surface area contributed by atoms with Crippen LogP contribution in [0, 0.1) is 0 Å². The van der Waals surface area contributed by atoms with E-state index in [-0.39, 0.29) is 30.4 Å². The Balaban J connectivity index is 2.28. The molecule has 1 aliphatic rings. The molecule has 0 radical (unpaired) electrons. The summed E-state index contributed by atoms with van der Waals surface area (Å²) in [6.07, 6.45) is 2.92. The van der Waals surface area contributed by atoms with Gasteiger partial charge < -0.3 is 19.8 Å². The Hall–Kier alpha value is -2.90. The number of carbonyl (C=O) groups excluding carboxylic acids is 2. The van der Waals surface area contributed by atoms with Crippen LogP contribution in [0.15, 0.2) is 6.20 Å². The molecule has 0 aliphatic heterocycles. The summed E-state index contributed by atoms with van der Waals surface area (Å²) in [4.78, 5) is 33.4. The number of rotatable bonds is 4. The first kappa shape index (κ1) is 16.9. The number of nitrogens with zero attached hydrogens (tertiary/aromatic N) is 3. The van der Waals surface area contributed by atoms with Gasteiger partial charge in [-0.3, -0.25) is 0 Å². The third kappa shape index (κ3) is 2.73. The van der Waals surface area contributed by atoms with Crippen molar-refractivity contribution in [2.24, 2.45) is 7.05 Å². The first-order valence-corrected chi connectivity index (χ1v) is 8.17. The van der Waals surface area contributed by atoms with E-state index in [0.29, 0.717) is 24.2 Å². The van der Waals surface area contributed by atoms with Crippen LogP contribution >= 0.6 is 0 Å². The average Bonchev–Trinajstić information content (AvgIpc) is 2.88. The molecule has 0 bridgehead atoms. The molecule has 132 valence electrons. The van der Waals surface area contributed by atoms with Crippen molar-refractivity contribution in [2.45, 2.75) is 26.7 Å². The van der Waals surface area contributed by atoms with Crippen LogP contribution in [0.25, 0.3) is 11.4 Å². The molecular formula is C17H20N4O4. The number of nitrogens with two attached hydrogens (primary N) is 1. The number of carbonyl (C=O) groups is 2. The molecule has 8 heteroatoms. The highest BCUT2D eigenvalue weighted by Crippen LogP contribution is 2.37. The molecule has 0 fully saturated rings. The van der Waals surface area contributed by atoms with Crippen molar-refractivity contribution < 1.29 is 19.1 Å². The van der Waals surface area contributed by atoms with Gasteiger partial charge in [-0.2, -0.15) is 0 Å². The Kier molecular flexibility index (Phi) is 4.43. The number of esters is 2. The van der Waals surface area contributed by atoms with Crippen molar-refractivity contribution in [3.8, 4) is 11.4 Å². The topological polar surface area (TPSA) is 109 Å². The summed E-state index contributed by atoms with van der Waals surface area (Å²) >= 11 is 0. The van der Waals surface area contributed by atoms with Crippen LogP contribution in [-0.4, -0.2) is 39.7 Å². The lowest BCUT2D eigenvalue weighted by atomic mass is 9.92. The lowest BCUT2D eigenvalue weighted by Gasteiger charge is -2.17. The summed E-state index contributed by atoms with van der Waals surface area (Å²) in [5.41, 5.74) is 9.13. The second-order valence-electron chi connectivity index (χ2n) is 5.65. The first-order chi connectivity index (χ1) is 12.0. The van der Waals surface area contributed by atoms with Crippen LogP contribution in [-0.2, 0) is 29.4 Å². The smallest absolute Gasteiger partial charge is 0.355 e. The second-order valence-corrected chi connectivity index (χ2v) is 5.65. The molecule has 25 heavy (non-hydrogen) atoms. The van der Waals surface area contributed by atoms with Gasteiger partial charge in [0.1, 0.15) is 5.69 Å². The summed E-state index contributed by atoms with van der Waals surface area (Å²) in [6.45, 7) is 3.87. The van der Waals surface area contributed by atoms with Gasteiger partial charge in [-0.05, 0) is 37.8 Å². The van der Waals surface area contributed by atoms with Gasteiger partial charge in [-0.1, -0.05) is 0 Å². The highest BCUT2D eigenvalue weighted by atomic mass is 16.5. The Morgan fingerprint density at radius 3 is 2.56 bits per heavy atom. The minimum atomic E-state index is -0.564. The molecular weight excluding hydrogens is 324 g/mol. The number of fused-ring (bicyclic) bond motifs is 3. The third-order valence-electron chi connectivity index (χ3n) is 4.20. The number of ether oxygens (including phenoxy) is 2. The van der Waals surface area contributed by atoms with Crippen LogP contribution in [0.5, 0.6) is 0 Å². The molecule has 0 unspecified atom stereocenters. The van der Waals surface area contributed by atoms with E-state index in [0.717, 1.165) is 11.1 Å². The van der Waals surface area contributed by atoms with Gasteiger partial charge in [0.25, 0.3) is 0 Å². The Morgan fingerprint density at radius 2 is 1.88 bits per heavy atom. The van der Waals surface area contributed by atoms with E-state index >= 15 is 0 Å². The maximum Gasteiger partial charge on any atom is 0.355 e. The Labute approximate surface area is 145 Å². The number of aromatic nitrogens is 3. The summed E-state index contributed by atoms with van der Waals surface area (Å²) in [5.74, 6) is -0.956. The van der Waals surface area contributed by atoms with Gasteiger partial charge >= 0.3 is 11.9 Å². The molecule has 0 saturated carbocycles. The van der Waals surface area contributed by atoms with Crippen LogP contribution in [0.2, 0.25) is 0 Å². The number of aryl methyl sites for hydroxylation is 1. The van der Waals surface area contributed by atoms with Gasteiger partial charge in [-0.15, -0.1) is 0 Å². The van der Waals surface area contributed by atoms with E-state index < -0.39 is 11.9 Å². The van der Waals surface area contributed by atoms with E-state index in [2.05, 4.69) is 9.97 Å². The molecule has 2 N–H and O–H groups in total. The van der Waals surface area contributed by atoms with E-state index in [1.807, 2.05) is 0 Å². The number of anilines is 1. The molecule has 2 heterocycles. The van der Waals surface area contributed by atoms with Gasteiger partial charge in [0, 0.05) is 13.2 Å². The molecule has 0 aromatic carbocycles. The van der Waals surface area contributed by atoms with Gasteiger partial charge in [0.2, 0.25) is 5.95 Å². The van der Waals surface area contributed by atoms with Crippen molar-refractivity contribution in [2.75, 3.05) is 18.9 Å². The maximum absolute atomic E-state index is 12.5. The largest absolute Gasteiger partial charge is 0.462 e. The molecule has 3 rings (SSSR count). The fourth-order valence-corrected chi connectivity index (χ4v) is 3.22. The number of nitrogen functional groups attached to an aromatic ring is 1. The van der Waals surface area contributed by atoms with E-state index in [1.165, 1.54) is 0 Å². The fraction of sp³-hybridized carbons (Fsp3) is 0.412. The Bertz CT molecular complexity index is 857. The molecule has 0 spiro atoms. The highest BCUT2D eigenvalue weighted by Gasteiger charge is 2.35.